The lowest BCUT2D eigenvalue weighted by molar-refractivity contribution is -0.142. The quantitative estimate of drug-likeness (QED) is 0.0334. The molecule has 1 heterocycles. The predicted octanol–water partition coefficient (Wildman–Crippen LogP) is 2.33. The zero-order chi connectivity index (χ0) is 56.6. The summed E-state index contributed by atoms with van der Waals surface area (Å²) in [5.41, 5.74) is 2.77. The molecule has 0 saturated carbocycles. The molecule has 1 aromatic heterocycles. The third-order valence-corrected chi connectivity index (χ3v) is 11.3. The fraction of sp³-hybridized carbons (Fsp3) is 0.367. The zero-order valence-corrected chi connectivity index (χ0v) is 41.0. The molecule has 4 rings (SSSR count). The normalized spacial score (nSPS) is 12.7. The fourth-order valence-corrected chi connectivity index (χ4v) is 7.25. The molecule has 3 aromatic carbocycles. The number of rotatable bonds is 32. The number of halogens is 1. The Kier molecular flexibility index (Phi) is 23.4. The molecule has 0 saturated heterocycles. The van der Waals surface area contributed by atoms with Crippen LogP contribution in [0.2, 0.25) is 0 Å². The Morgan fingerprint density at radius 1 is 0.506 bits per heavy atom. The van der Waals surface area contributed by atoms with E-state index in [-0.39, 0.29) is 50.5 Å². The van der Waals surface area contributed by atoms with E-state index in [1.54, 1.807) is 18.3 Å². The summed E-state index contributed by atoms with van der Waals surface area (Å²) in [6, 6.07) is 8.80. The van der Waals surface area contributed by atoms with Crippen LogP contribution in [0.4, 0.5) is 25.4 Å². The number of carbonyl (C=O) groups is 11. The van der Waals surface area contributed by atoms with Crippen molar-refractivity contribution in [1.82, 2.24) is 41.6 Å². The van der Waals surface area contributed by atoms with Crippen molar-refractivity contribution in [2.24, 2.45) is 0 Å². The average molecular weight is 1080 g/mol. The van der Waals surface area contributed by atoms with E-state index in [0.29, 0.717) is 40.3 Å². The van der Waals surface area contributed by atoms with Crippen LogP contribution in [-0.4, -0.2) is 148 Å². The van der Waals surface area contributed by atoms with E-state index in [2.05, 4.69) is 36.9 Å². The monoisotopic (exact) mass is 1080 g/mol. The van der Waals surface area contributed by atoms with Crippen LogP contribution in [0.5, 0.6) is 0 Å². The van der Waals surface area contributed by atoms with Gasteiger partial charge in [-0.2, -0.15) is 0 Å². The minimum absolute atomic E-state index is 0.0412. The van der Waals surface area contributed by atoms with Crippen LogP contribution >= 0.6 is 0 Å². The number of aryl methyl sites for hydroxylation is 1. The Morgan fingerprint density at radius 3 is 1.31 bits per heavy atom. The number of hydrogen-bond acceptors (Lipinski definition) is 13. The molecule has 412 valence electrons. The Labute approximate surface area is 437 Å². The molecule has 0 fully saturated rings. The summed E-state index contributed by atoms with van der Waals surface area (Å²) < 4.78 is 14.1. The van der Waals surface area contributed by atoms with Crippen LogP contribution in [0.3, 0.4) is 0 Å². The molecule has 28 heteroatoms. The maximum atomic E-state index is 13.6. The summed E-state index contributed by atoms with van der Waals surface area (Å²) in [5, 5.41) is 80.5. The van der Waals surface area contributed by atoms with E-state index in [1.165, 1.54) is 65.3 Å². The van der Waals surface area contributed by atoms with Crippen molar-refractivity contribution in [3.8, 4) is 5.69 Å². The van der Waals surface area contributed by atoms with Gasteiger partial charge in [0.25, 0.3) is 5.91 Å². The largest absolute Gasteiger partial charge is 0.481 e. The molecule has 13 N–H and O–H groups in total. The van der Waals surface area contributed by atoms with E-state index in [1.807, 2.05) is 10.6 Å². The van der Waals surface area contributed by atoms with Crippen LogP contribution < -0.4 is 37.2 Å². The number of benzene rings is 3. The Morgan fingerprint density at radius 2 is 0.922 bits per heavy atom. The molecule has 0 radical (unpaired) electrons. The number of aliphatic carboxylic acids is 6. The summed E-state index contributed by atoms with van der Waals surface area (Å²) in [6.07, 6.45) is -0.462. The van der Waals surface area contributed by atoms with Gasteiger partial charge in [0.05, 0.1) is 24.3 Å². The molecular weight excluding hydrogens is 1020 g/mol. The number of carboxylic acids is 6. The van der Waals surface area contributed by atoms with Gasteiger partial charge in [0.1, 0.15) is 24.2 Å². The third kappa shape index (κ3) is 21.5. The molecule has 4 atom stereocenters. The van der Waals surface area contributed by atoms with Gasteiger partial charge in [-0.3, -0.25) is 28.4 Å². The van der Waals surface area contributed by atoms with Gasteiger partial charge in [0.15, 0.2) is 0 Å². The summed E-state index contributed by atoms with van der Waals surface area (Å²) in [6.45, 7) is -0.508. The van der Waals surface area contributed by atoms with Crippen molar-refractivity contribution in [2.45, 2.75) is 107 Å². The van der Waals surface area contributed by atoms with Gasteiger partial charge in [-0.15, -0.1) is 5.10 Å². The second-order valence-corrected chi connectivity index (χ2v) is 17.3. The molecule has 0 bridgehead atoms. The van der Waals surface area contributed by atoms with Gasteiger partial charge in [0.2, 0.25) is 11.8 Å². The van der Waals surface area contributed by atoms with Gasteiger partial charge < -0.3 is 67.9 Å². The lowest BCUT2D eigenvalue weighted by atomic mass is 10.0. The van der Waals surface area contributed by atoms with Gasteiger partial charge in [-0.1, -0.05) is 29.5 Å². The molecular formula is C49H57FN10O17. The van der Waals surface area contributed by atoms with Crippen molar-refractivity contribution in [2.75, 3.05) is 17.3 Å². The third-order valence-electron chi connectivity index (χ3n) is 11.3. The van der Waals surface area contributed by atoms with Gasteiger partial charge in [-0.25, -0.2) is 33.4 Å². The minimum atomic E-state index is -1.59. The smallest absolute Gasteiger partial charge is 0.326 e. The number of nitrogens with zero attached hydrogens (tertiary/aromatic N) is 3. The molecule has 77 heavy (non-hydrogen) atoms. The van der Waals surface area contributed by atoms with Gasteiger partial charge in [0, 0.05) is 61.5 Å². The SMILES string of the molecule is O=C(O)CC[C@H](NC(=O)NC(Cc1ccc(NC(=O)CCC(CCC(=O)Nc2ccc(CC(NC(=O)N[C@@H](CCC(=O)O)C(=O)O)C(=O)O)cc2)NC(=O)c2ccc(-n3cc(CCCF)nn3)cc2)cc1)C(=O)O)C(=O)O. The number of amides is 7. The van der Waals surface area contributed by atoms with Crippen LogP contribution in [0, 0.1) is 0 Å². The number of alkyl halides is 1. The highest BCUT2D eigenvalue weighted by molar-refractivity contribution is 5.95. The van der Waals surface area contributed by atoms with Crippen LogP contribution in [0.15, 0.2) is 79.0 Å². The molecule has 0 aliphatic heterocycles. The Bertz CT molecular complexity index is 2610. The number of carboxylic acid groups (broad SMARTS) is 6. The summed E-state index contributed by atoms with van der Waals surface area (Å²) in [4.78, 5) is 133. The lowest BCUT2D eigenvalue weighted by Crippen LogP contribution is -2.51. The van der Waals surface area contributed by atoms with Crippen LogP contribution in [-0.2, 0) is 57.6 Å². The van der Waals surface area contributed by atoms with Crippen LogP contribution in [0.1, 0.15) is 85.0 Å². The first-order chi connectivity index (χ1) is 36.6. The molecule has 7 amide bonds. The molecule has 0 aliphatic rings. The molecule has 27 nitrogen and oxygen atoms in total. The number of anilines is 2. The highest BCUT2D eigenvalue weighted by Gasteiger charge is 2.27. The first-order valence-corrected chi connectivity index (χ1v) is 23.7. The first kappa shape index (κ1) is 60.1. The van der Waals surface area contributed by atoms with Crippen molar-refractivity contribution in [3.63, 3.8) is 0 Å². The lowest BCUT2D eigenvalue weighted by Gasteiger charge is -2.19. The second-order valence-electron chi connectivity index (χ2n) is 17.3. The number of urea groups is 2. The second kappa shape index (κ2) is 30.0. The highest BCUT2D eigenvalue weighted by atomic mass is 19.1. The van der Waals surface area contributed by atoms with E-state index < -0.39 is 128 Å². The predicted molar refractivity (Wildman–Crippen MR) is 266 cm³/mol. The number of carbonyl (C=O) groups excluding carboxylic acids is 5. The van der Waals surface area contributed by atoms with E-state index in [9.17, 15) is 77.6 Å². The van der Waals surface area contributed by atoms with Crippen molar-refractivity contribution in [3.05, 3.63) is 101 Å². The fourth-order valence-electron chi connectivity index (χ4n) is 7.25. The molecule has 0 spiro atoms. The van der Waals surface area contributed by atoms with Crippen molar-refractivity contribution < 1.29 is 87.8 Å². The topological polar surface area (TPSA) is 424 Å². The molecule has 4 aromatic rings. The van der Waals surface area contributed by atoms with E-state index in [0.717, 1.165) is 0 Å². The van der Waals surface area contributed by atoms with Crippen LogP contribution in [0.25, 0.3) is 5.69 Å². The number of aromatic nitrogens is 3. The van der Waals surface area contributed by atoms with Crippen molar-refractivity contribution >= 4 is 77.0 Å². The number of nitrogens with one attached hydrogen (secondary N) is 7. The summed E-state index contributed by atoms with van der Waals surface area (Å²) >= 11 is 0. The minimum Gasteiger partial charge on any atom is -0.481 e. The summed E-state index contributed by atoms with van der Waals surface area (Å²) in [7, 11) is 0. The van der Waals surface area contributed by atoms with Gasteiger partial charge in [-0.05, 0) is 98.2 Å². The van der Waals surface area contributed by atoms with Crippen molar-refractivity contribution in [1.29, 1.82) is 0 Å². The highest BCUT2D eigenvalue weighted by Crippen LogP contribution is 2.17. The zero-order valence-electron chi connectivity index (χ0n) is 41.0. The average Bonchev–Trinajstić information content (AvgIpc) is 3.86. The molecule has 0 aliphatic carbocycles. The standard InChI is InChI=1S/C49H57FN10O17/c50-23-1-2-33-26-60(59-58-33)34-15-7-29(8-16-34)43(67)53-32(13-19-39(61)51-30-9-3-27(4-10-30)24-37(46(72)73)56-48(76)54-35(44(68)69)17-21-41(63)64)14-20-40(62)52-31-11-5-28(6-12-31)25-38(47(74)75)57-49(77)55-36(45(70)71)18-22-42(65)66/h3-12,15-16,26,32,35-38H,1-2,13-14,17-25H2,(H,51,61)(H,52,62)(H,53,67)(H,63,64)(H,65,66)(H,68,69)(H,70,71)(H,72,73)(H,74,75)(H2,54,56,76)(H2,55,57,77)/t32?,35-,36-,37?,38?/m0/s1. The van der Waals surface area contributed by atoms with E-state index in [4.69, 9.17) is 10.2 Å². The molecule has 2 unspecified atom stereocenters. The Hall–Kier alpha value is -9.50. The summed E-state index contributed by atoms with van der Waals surface area (Å²) in [5.74, 6) is -10.1. The van der Waals surface area contributed by atoms with E-state index >= 15 is 0 Å². The van der Waals surface area contributed by atoms with Gasteiger partial charge >= 0.3 is 47.9 Å². The maximum absolute atomic E-state index is 13.6. The number of hydrogen-bond donors (Lipinski definition) is 13. The Balaban J connectivity index is 1.38. The first-order valence-electron chi connectivity index (χ1n) is 23.7. The maximum Gasteiger partial charge on any atom is 0.326 e.